The minimum atomic E-state index is -0.537. The van der Waals surface area contributed by atoms with E-state index in [-0.39, 0.29) is 0 Å². The molecule has 0 aliphatic heterocycles. The second-order valence-electron chi connectivity index (χ2n) is 4.03. The molecule has 5 nitrogen and oxygen atoms in total. The van der Waals surface area contributed by atoms with Crippen molar-refractivity contribution in [2.45, 2.75) is 13.5 Å². The van der Waals surface area contributed by atoms with E-state index in [1.165, 1.54) is 0 Å². The van der Waals surface area contributed by atoms with Crippen LogP contribution in [0.4, 0.5) is 11.4 Å². The SMILES string of the molecule is Cc1ccc(CNc2ccc(N)c(C(N)=O)c2)o1. The van der Waals surface area contributed by atoms with Crippen molar-refractivity contribution in [3.8, 4) is 0 Å². The number of hydrogen-bond donors (Lipinski definition) is 3. The summed E-state index contributed by atoms with van der Waals surface area (Å²) in [5.41, 5.74) is 12.3. The number of hydrogen-bond acceptors (Lipinski definition) is 4. The molecule has 0 aliphatic rings. The van der Waals surface area contributed by atoms with Gasteiger partial charge in [0.2, 0.25) is 0 Å². The van der Waals surface area contributed by atoms with Gasteiger partial charge in [-0.3, -0.25) is 4.79 Å². The maximum Gasteiger partial charge on any atom is 0.250 e. The summed E-state index contributed by atoms with van der Waals surface area (Å²) in [5, 5.41) is 3.14. The molecule has 2 aromatic rings. The van der Waals surface area contributed by atoms with Gasteiger partial charge in [-0.15, -0.1) is 0 Å². The Morgan fingerprint density at radius 1 is 1.33 bits per heavy atom. The van der Waals surface area contributed by atoms with Crippen LogP contribution >= 0.6 is 0 Å². The number of rotatable bonds is 4. The van der Waals surface area contributed by atoms with Gasteiger partial charge in [-0.25, -0.2) is 0 Å². The summed E-state index contributed by atoms with van der Waals surface area (Å²) in [6.07, 6.45) is 0. The summed E-state index contributed by atoms with van der Waals surface area (Å²) < 4.78 is 5.43. The highest BCUT2D eigenvalue weighted by molar-refractivity contribution is 5.98. The third kappa shape index (κ3) is 2.63. The molecule has 94 valence electrons. The third-order valence-electron chi connectivity index (χ3n) is 2.58. The van der Waals surface area contributed by atoms with Crippen molar-refractivity contribution < 1.29 is 9.21 Å². The maximum absolute atomic E-state index is 11.1. The highest BCUT2D eigenvalue weighted by atomic mass is 16.3. The molecule has 0 saturated heterocycles. The number of furan rings is 1. The molecule has 1 aromatic carbocycles. The van der Waals surface area contributed by atoms with Crippen molar-refractivity contribution in [3.63, 3.8) is 0 Å². The maximum atomic E-state index is 11.1. The molecular formula is C13H15N3O2. The van der Waals surface area contributed by atoms with E-state index < -0.39 is 5.91 Å². The average molecular weight is 245 g/mol. The van der Waals surface area contributed by atoms with E-state index in [2.05, 4.69) is 5.32 Å². The highest BCUT2D eigenvalue weighted by Gasteiger charge is 2.07. The van der Waals surface area contributed by atoms with E-state index in [4.69, 9.17) is 15.9 Å². The van der Waals surface area contributed by atoms with Crippen LogP contribution in [0.5, 0.6) is 0 Å². The van der Waals surface area contributed by atoms with Crippen LogP contribution in [0.3, 0.4) is 0 Å². The average Bonchev–Trinajstić information content (AvgIpc) is 2.74. The molecule has 0 saturated carbocycles. The van der Waals surface area contributed by atoms with Gasteiger partial charge in [-0.05, 0) is 37.3 Å². The second-order valence-corrected chi connectivity index (χ2v) is 4.03. The van der Waals surface area contributed by atoms with Gasteiger partial charge in [0.25, 0.3) is 5.91 Å². The molecule has 2 rings (SSSR count). The largest absolute Gasteiger partial charge is 0.465 e. The normalized spacial score (nSPS) is 10.3. The molecular weight excluding hydrogens is 230 g/mol. The summed E-state index contributed by atoms with van der Waals surface area (Å²) in [6, 6.07) is 8.87. The third-order valence-corrected chi connectivity index (χ3v) is 2.58. The van der Waals surface area contributed by atoms with E-state index in [1.807, 2.05) is 19.1 Å². The molecule has 1 aromatic heterocycles. The van der Waals surface area contributed by atoms with Gasteiger partial charge in [0.05, 0.1) is 12.1 Å². The molecule has 0 fully saturated rings. The van der Waals surface area contributed by atoms with E-state index >= 15 is 0 Å². The van der Waals surface area contributed by atoms with Crippen LogP contribution in [0.25, 0.3) is 0 Å². The molecule has 0 bridgehead atoms. The fourth-order valence-electron chi connectivity index (χ4n) is 1.65. The van der Waals surface area contributed by atoms with Crippen LogP contribution in [0.2, 0.25) is 0 Å². The number of nitrogens with one attached hydrogen (secondary N) is 1. The molecule has 0 aliphatic carbocycles. The number of primary amides is 1. The Morgan fingerprint density at radius 3 is 2.72 bits per heavy atom. The fourth-order valence-corrected chi connectivity index (χ4v) is 1.65. The second kappa shape index (κ2) is 4.83. The first-order valence-corrected chi connectivity index (χ1v) is 5.55. The zero-order chi connectivity index (χ0) is 13.1. The number of nitrogens with two attached hydrogens (primary N) is 2. The lowest BCUT2D eigenvalue weighted by Gasteiger charge is -2.07. The lowest BCUT2D eigenvalue weighted by Crippen LogP contribution is -2.14. The summed E-state index contributed by atoms with van der Waals surface area (Å²) in [5.74, 6) is 1.15. The van der Waals surface area contributed by atoms with E-state index in [0.29, 0.717) is 17.8 Å². The van der Waals surface area contributed by atoms with Crippen molar-refractivity contribution in [3.05, 3.63) is 47.4 Å². The van der Waals surface area contributed by atoms with Crippen LogP contribution in [0.15, 0.2) is 34.7 Å². The molecule has 5 N–H and O–H groups in total. The van der Waals surface area contributed by atoms with Crippen LogP contribution in [-0.4, -0.2) is 5.91 Å². The number of nitrogen functional groups attached to an aromatic ring is 1. The molecule has 18 heavy (non-hydrogen) atoms. The van der Waals surface area contributed by atoms with Gasteiger partial charge in [0.1, 0.15) is 11.5 Å². The standard InChI is InChI=1S/C13H15N3O2/c1-8-2-4-10(18-8)7-16-9-3-5-12(14)11(6-9)13(15)17/h2-6,16H,7,14H2,1H3,(H2,15,17). The minimum Gasteiger partial charge on any atom is -0.465 e. The zero-order valence-corrected chi connectivity index (χ0v) is 10.1. The van der Waals surface area contributed by atoms with Gasteiger partial charge in [-0.1, -0.05) is 0 Å². The number of amides is 1. The first kappa shape index (κ1) is 12.0. The predicted octanol–water partition coefficient (Wildman–Crippen LogP) is 1.88. The lowest BCUT2D eigenvalue weighted by atomic mass is 10.1. The van der Waals surface area contributed by atoms with Crippen molar-refractivity contribution in [2.75, 3.05) is 11.1 Å². The highest BCUT2D eigenvalue weighted by Crippen LogP contribution is 2.18. The molecule has 1 amide bonds. The molecule has 0 unspecified atom stereocenters. The van der Waals surface area contributed by atoms with Crippen LogP contribution in [-0.2, 0) is 6.54 Å². The van der Waals surface area contributed by atoms with E-state index in [1.54, 1.807) is 18.2 Å². The van der Waals surface area contributed by atoms with Crippen LogP contribution < -0.4 is 16.8 Å². The number of carbonyl (C=O) groups excluding carboxylic acids is 1. The van der Waals surface area contributed by atoms with Gasteiger partial charge in [0.15, 0.2) is 0 Å². The van der Waals surface area contributed by atoms with Crippen LogP contribution in [0, 0.1) is 6.92 Å². The van der Waals surface area contributed by atoms with E-state index in [9.17, 15) is 4.79 Å². The Bertz CT molecular complexity index is 575. The van der Waals surface area contributed by atoms with Crippen molar-refractivity contribution in [1.82, 2.24) is 0 Å². The Hall–Kier alpha value is -2.43. The summed E-state index contributed by atoms with van der Waals surface area (Å²) >= 11 is 0. The minimum absolute atomic E-state index is 0.315. The molecule has 0 radical (unpaired) electrons. The molecule has 0 atom stereocenters. The number of anilines is 2. The number of carbonyl (C=O) groups is 1. The summed E-state index contributed by atoms with van der Waals surface area (Å²) in [4.78, 5) is 11.1. The predicted molar refractivity (Wildman–Crippen MR) is 70.1 cm³/mol. The Kier molecular flexibility index (Phi) is 3.23. The Balaban J connectivity index is 2.10. The summed E-state index contributed by atoms with van der Waals surface area (Å²) in [6.45, 7) is 2.42. The zero-order valence-electron chi connectivity index (χ0n) is 10.1. The first-order chi connectivity index (χ1) is 8.56. The van der Waals surface area contributed by atoms with Crippen molar-refractivity contribution in [1.29, 1.82) is 0 Å². The molecule has 0 spiro atoms. The Labute approximate surface area is 105 Å². The molecule has 1 heterocycles. The van der Waals surface area contributed by atoms with Crippen LogP contribution in [0.1, 0.15) is 21.9 Å². The van der Waals surface area contributed by atoms with Gasteiger partial charge < -0.3 is 21.2 Å². The first-order valence-electron chi connectivity index (χ1n) is 5.55. The summed E-state index contributed by atoms with van der Waals surface area (Å²) in [7, 11) is 0. The van der Waals surface area contributed by atoms with Gasteiger partial charge in [-0.2, -0.15) is 0 Å². The topological polar surface area (TPSA) is 94.3 Å². The molecule has 5 heteroatoms. The van der Waals surface area contributed by atoms with Gasteiger partial charge in [0, 0.05) is 11.4 Å². The van der Waals surface area contributed by atoms with Gasteiger partial charge >= 0.3 is 0 Å². The van der Waals surface area contributed by atoms with Crippen molar-refractivity contribution in [2.24, 2.45) is 5.73 Å². The monoisotopic (exact) mass is 245 g/mol. The fraction of sp³-hybridized carbons (Fsp3) is 0.154. The van der Waals surface area contributed by atoms with Crippen molar-refractivity contribution >= 4 is 17.3 Å². The number of benzene rings is 1. The Morgan fingerprint density at radius 2 is 2.11 bits per heavy atom. The number of aryl methyl sites for hydroxylation is 1. The quantitative estimate of drug-likeness (QED) is 0.717. The lowest BCUT2D eigenvalue weighted by molar-refractivity contribution is 0.100. The van der Waals surface area contributed by atoms with E-state index in [0.717, 1.165) is 17.2 Å². The smallest absolute Gasteiger partial charge is 0.250 e.